The minimum Gasteiger partial charge on any atom is -0.489 e. The van der Waals surface area contributed by atoms with Gasteiger partial charge in [0.05, 0.1) is 24.3 Å². The normalized spacial score (nSPS) is 18.8. The predicted octanol–water partition coefficient (Wildman–Crippen LogP) is 5.70. The van der Waals surface area contributed by atoms with Crippen LogP contribution in [0.2, 0.25) is 10.0 Å². The fourth-order valence-electron chi connectivity index (χ4n) is 5.01. The van der Waals surface area contributed by atoms with Crippen molar-refractivity contribution in [3.63, 3.8) is 0 Å². The molecule has 3 aromatic rings. The molecule has 0 unspecified atom stereocenters. The van der Waals surface area contributed by atoms with E-state index in [1.807, 2.05) is 4.90 Å². The minimum atomic E-state index is -3.98. The highest BCUT2D eigenvalue weighted by Gasteiger charge is 2.46. The number of aliphatic hydroxyl groups excluding tert-OH is 1. The molecule has 5 rings (SSSR count). The highest BCUT2D eigenvalue weighted by molar-refractivity contribution is 6.32. The smallest absolute Gasteiger partial charge is 0.380 e. The number of carbonyl (C=O) groups is 1. The molecule has 7 nitrogen and oxygen atoms in total. The average Bonchev–Trinajstić information content (AvgIpc) is 3.59. The number of furan rings is 1. The summed E-state index contributed by atoms with van der Waals surface area (Å²) in [4.78, 5) is 15.0. The molecule has 1 amide bonds. The molecule has 2 N–H and O–H groups in total. The molecule has 2 aliphatic heterocycles. The number of nitrogens with zero attached hydrogens (tertiary/aromatic N) is 1. The number of fused-ring (bicyclic) bond motifs is 1. The number of carbonyl (C=O) groups excluding carboxylic acids is 1. The Hall–Kier alpha value is -2.43. The molecular weight excluding hydrogens is 553 g/mol. The summed E-state index contributed by atoms with van der Waals surface area (Å²) in [6, 6.07) is 9.37. The number of aliphatic hydroxyl groups is 1. The molecule has 2 atom stereocenters. The van der Waals surface area contributed by atoms with Crippen LogP contribution in [0.15, 0.2) is 46.9 Å². The summed E-state index contributed by atoms with van der Waals surface area (Å²) in [5.74, 6) is -5.88. The number of nitrogens with one attached hydrogen (secondary N) is 1. The number of likely N-dealkylation sites (tertiary alicyclic amines) is 1. The zero-order valence-corrected chi connectivity index (χ0v) is 22.7. The number of ether oxygens (including phenoxy) is 2. The van der Waals surface area contributed by atoms with Gasteiger partial charge in [0.2, 0.25) is 0 Å². The molecule has 0 saturated carbocycles. The highest BCUT2D eigenvalue weighted by atomic mass is 35.5. The maximum Gasteiger partial charge on any atom is 0.380 e. The van der Waals surface area contributed by atoms with Crippen molar-refractivity contribution >= 4 is 40.1 Å². The first-order chi connectivity index (χ1) is 18.7. The summed E-state index contributed by atoms with van der Waals surface area (Å²) in [7, 11) is 0. The molecule has 3 heterocycles. The zero-order chi connectivity index (χ0) is 27.6. The van der Waals surface area contributed by atoms with Gasteiger partial charge in [0.25, 0.3) is 5.91 Å². The van der Waals surface area contributed by atoms with E-state index in [1.54, 1.807) is 18.2 Å². The van der Waals surface area contributed by atoms with Gasteiger partial charge in [-0.15, -0.1) is 0 Å². The summed E-state index contributed by atoms with van der Waals surface area (Å²) in [6.07, 6.45) is 2.09. The number of benzene rings is 2. The maximum atomic E-state index is 15.3. The van der Waals surface area contributed by atoms with E-state index in [4.69, 9.17) is 37.1 Å². The van der Waals surface area contributed by atoms with Crippen LogP contribution >= 0.6 is 23.2 Å². The topological polar surface area (TPSA) is 84.2 Å². The Kier molecular flexibility index (Phi) is 8.63. The predicted molar refractivity (Wildman–Crippen MR) is 144 cm³/mol. The van der Waals surface area contributed by atoms with Crippen molar-refractivity contribution in [2.75, 3.05) is 32.8 Å². The largest absolute Gasteiger partial charge is 0.489 e. The van der Waals surface area contributed by atoms with Gasteiger partial charge < -0.3 is 29.2 Å². The molecule has 0 spiro atoms. The van der Waals surface area contributed by atoms with Gasteiger partial charge in [0.1, 0.15) is 23.5 Å². The van der Waals surface area contributed by atoms with Gasteiger partial charge in [-0.1, -0.05) is 29.3 Å². The molecule has 11 heteroatoms. The summed E-state index contributed by atoms with van der Waals surface area (Å²) >= 11 is 12.4. The van der Waals surface area contributed by atoms with Gasteiger partial charge in [0.15, 0.2) is 5.76 Å². The standard InChI is InChI=1S/C28H30Cl2F2N2O5/c29-19-4-6-23-18(13-19)15-25(39-23)28(31,32)27(36)33-22(16-34-9-1-2-10-34)26(35)17-3-5-24(21(30)14-17)38-20-7-11-37-12-8-20/h3-6,13-15,20,22,26,35H,1-2,7-12,16H2,(H,33,36)/t22-,26-/m1/s1. The highest BCUT2D eigenvalue weighted by Crippen LogP contribution is 2.35. The first-order valence-corrected chi connectivity index (χ1v) is 13.8. The van der Waals surface area contributed by atoms with Crippen LogP contribution in [0.25, 0.3) is 11.0 Å². The van der Waals surface area contributed by atoms with E-state index in [0.29, 0.717) is 34.9 Å². The molecule has 2 saturated heterocycles. The third-order valence-corrected chi connectivity index (χ3v) is 7.71. The lowest BCUT2D eigenvalue weighted by Gasteiger charge is -2.30. The fourth-order valence-corrected chi connectivity index (χ4v) is 5.42. The number of rotatable bonds is 9. The summed E-state index contributed by atoms with van der Waals surface area (Å²) in [6.45, 7) is 2.92. The molecule has 2 aromatic carbocycles. The molecule has 0 bridgehead atoms. The Bertz CT molecular complexity index is 1310. The second-order valence-corrected chi connectivity index (χ2v) is 10.9. The van der Waals surface area contributed by atoms with Crippen molar-refractivity contribution in [2.45, 2.75) is 49.9 Å². The van der Waals surface area contributed by atoms with E-state index in [1.165, 1.54) is 18.2 Å². The SMILES string of the molecule is O=C(N[C@H](CN1CCCC1)[C@H](O)c1ccc(OC2CCOCC2)c(Cl)c1)C(F)(F)c1cc2cc(Cl)ccc2o1. The third-order valence-electron chi connectivity index (χ3n) is 7.18. The van der Waals surface area contributed by atoms with E-state index in [-0.39, 0.29) is 23.3 Å². The first kappa shape index (κ1) is 28.1. The van der Waals surface area contributed by atoms with E-state index in [9.17, 15) is 9.90 Å². The Morgan fingerprint density at radius 1 is 1.13 bits per heavy atom. The summed E-state index contributed by atoms with van der Waals surface area (Å²) in [5, 5.41) is 14.7. The lowest BCUT2D eigenvalue weighted by atomic mass is 10.0. The number of hydrogen-bond donors (Lipinski definition) is 2. The van der Waals surface area contributed by atoms with Crippen LogP contribution < -0.4 is 10.1 Å². The van der Waals surface area contributed by atoms with Crippen LogP contribution in [0.3, 0.4) is 0 Å². The fraction of sp³-hybridized carbons (Fsp3) is 0.464. The van der Waals surface area contributed by atoms with Crippen LogP contribution in [0.5, 0.6) is 5.75 Å². The molecule has 39 heavy (non-hydrogen) atoms. The maximum absolute atomic E-state index is 15.3. The van der Waals surface area contributed by atoms with Gasteiger partial charge in [0, 0.05) is 29.8 Å². The quantitative estimate of drug-likeness (QED) is 0.336. The van der Waals surface area contributed by atoms with Crippen molar-refractivity contribution in [3.05, 3.63) is 63.8 Å². The Morgan fingerprint density at radius 2 is 1.87 bits per heavy atom. The third kappa shape index (κ3) is 6.49. The van der Waals surface area contributed by atoms with Gasteiger partial charge in [-0.05, 0) is 67.9 Å². The van der Waals surface area contributed by atoms with Crippen LogP contribution in [0, 0.1) is 0 Å². The van der Waals surface area contributed by atoms with Gasteiger partial charge >= 0.3 is 5.92 Å². The number of amides is 1. The van der Waals surface area contributed by atoms with E-state index in [0.717, 1.165) is 44.8 Å². The van der Waals surface area contributed by atoms with Crippen LogP contribution in [0.4, 0.5) is 8.78 Å². The molecular formula is C28H30Cl2F2N2O5. The molecule has 210 valence electrons. The van der Waals surface area contributed by atoms with Crippen molar-refractivity contribution in [2.24, 2.45) is 0 Å². The second-order valence-electron chi connectivity index (χ2n) is 10.0. The van der Waals surface area contributed by atoms with Gasteiger partial charge in [-0.2, -0.15) is 8.78 Å². The van der Waals surface area contributed by atoms with Crippen LogP contribution in [-0.2, 0) is 15.5 Å². The minimum absolute atomic E-state index is 0.0225. The second kappa shape index (κ2) is 12.0. The Balaban J connectivity index is 1.34. The van der Waals surface area contributed by atoms with Gasteiger partial charge in [-0.25, -0.2) is 0 Å². The number of halogens is 4. The van der Waals surface area contributed by atoms with Gasteiger partial charge in [-0.3, -0.25) is 4.79 Å². The summed E-state index contributed by atoms with van der Waals surface area (Å²) in [5.41, 5.74) is 0.568. The Labute approximate surface area is 234 Å². The van der Waals surface area contributed by atoms with Crippen molar-refractivity contribution in [1.82, 2.24) is 10.2 Å². The van der Waals surface area contributed by atoms with E-state index < -0.39 is 29.7 Å². The van der Waals surface area contributed by atoms with E-state index in [2.05, 4.69) is 5.32 Å². The Morgan fingerprint density at radius 3 is 2.59 bits per heavy atom. The summed E-state index contributed by atoms with van der Waals surface area (Å²) < 4.78 is 47.2. The molecule has 1 aromatic heterocycles. The lowest BCUT2D eigenvalue weighted by Crippen LogP contribution is -2.50. The lowest BCUT2D eigenvalue weighted by molar-refractivity contribution is -0.151. The monoisotopic (exact) mass is 582 g/mol. The number of hydrogen-bond acceptors (Lipinski definition) is 6. The molecule has 2 fully saturated rings. The molecule has 2 aliphatic rings. The van der Waals surface area contributed by atoms with E-state index >= 15 is 8.78 Å². The van der Waals surface area contributed by atoms with Crippen molar-refractivity contribution in [1.29, 1.82) is 0 Å². The zero-order valence-electron chi connectivity index (χ0n) is 21.2. The van der Waals surface area contributed by atoms with Crippen LogP contribution in [0.1, 0.15) is 43.1 Å². The van der Waals surface area contributed by atoms with Crippen molar-refractivity contribution in [3.8, 4) is 5.75 Å². The molecule has 0 aliphatic carbocycles. The average molecular weight is 583 g/mol. The molecule has 0 radical (unpaired) electrons. The van der Waals surface area contributed by atoms with Crippen LogP contribution in [-0.4, -0.2) is 60.9 Å². The number of alkyl halides is 2. The first-order valence-electron chi connectivity index (χ1n) is 13.0. The van der Waals surface area contributed by atoms with Crippen molar-refractivity contribution < 1.29 is 32.6 Å².